The second kappa shape index (κ2) is 14.2. The van der Waals surface area contributed by atoms with Gasteiger partial charge < -0.3 is 29.9 Å². The number of hydrogen-bond acceptors (Lipinski definition) is 9. The molecule has 3 amide bonds. The van der Waals surface area contributed by atoms with Gasteiger partial charge in [-0.15, -0.1) is 0 Å². The molecule has 0 aromatic carbocycles. The molecule has 0 fully saturated rings. The van der Waals surface area contributed by atoms with Crippen molar-refractivity contribution in [2.45, 2.75) is 52.6 Å². The number of amides is 3. The average Bonchev–Trinajstić information content (AvgIpc) is 3.29. The van der Waals surface area contributed by atoms with E-state index in [0.717, 1.165) is 11.7 Å². The molecule has 0 aliphatic heterocycles. The van der Waals surface area contributed by atoms with Crippen LogP contribution in [0.3, 0.4) is 0 Å². The number of aryl methyl sites for hydroxylation is 1. The van der Waals surface area contributed by atoms with E-state index in [1.54, 1.807) is 27.1 Å². The largest absolute Gasteiger partial charge is 0.464 e. The van der Waals surface area contributed by atoms with E-state index in [1.807, 2.05) is 13.8 Å². The minimum atomic E-state index is -1.32. The monoisotopic (exact) mass is 596 g/mol. The first-order chi connectivity index (χ1) is 20.3. The molecule has 0 saturated heterocycles. The predicted octanol–water partition coefficient (Wildman–Crippen LogP) is 2.16. The van der Waals surface area contributed by atoms with Crippen LogP contribution in [-0.2, 0) is 27.3 Å². The number of carbonyl (C=O) groups excluding carboxylic acids is 3. The summed E-state index contributed by atoms with van der Waals surface area (Å²) in [6, 6.07) is 1.81. The van der Waals surface area contributed by atoms with Crippen LogP contribution < -0.4 is 16.2 Å². The van der Waals surface area contributed by atoms with E-state index >= 15 is 0 Å². The van der Waals surface area contributed by atoms with Crippen molar-refractivity contribution in [1.82, 2.24) is 34.3 Å². The lowest BCUT2D eigenvalue weighted by atomic mass is 10.1. The molecule has 15 heteroatoms. The van der Waals surface area contributed by atoms with Crippen LogP contribution in [0, 0.1) is 12.8 Å². The third-order valence-electron chi connectivity index (χ3n) is 6.26. The summed E-state index contributed by atoms with van der Waals surface area (Å²) in [5.41, 5.74) is 0.347. The van der Waals surface area contributed by atoms with Gasteiger partial charge in [-0.2, -0.15) is 0 Å². The number of pyridine rings is 1. The third kappa shape index (κ3) is 8.24. The number of ether oxygens (including phenoxy) is 1. The van der Waals surface area contributed by atoms with E-state index < -0.39 is 29.7 Å². The highest BCUT2D eigenvalue weighted by atomic mass is 16.5. The maximum atomic E-state index is 13.3. The van der Waals surface area contributed by atoms with Gasteiger partial charge in [-0.25, -0.2) is 29.1 Å². The van der Waals surface area contributed by atoms with Gasteiger partial charge in [-0.1, -0.05) is 19.9 Å². The number of likely N-dealkylation sites (N-methyl/N-ethyl adjacent to an activating group) is 1. The van der Waals surface area contributed by atoms with Gasteiger partial charge in [0, 0.05) is 20.3 Å². The van der Waals surface area contributed by atoms with Crippen LogP contribution in [0.4, 0.5) is 15.3 Å². The number of alkyl carbamates (subject to hydrolysis) is 1. The van der Waals surface area contributed by atoms with Gasteiger partial charge in [-0.05, 0) is 50.3 Å². The molecule has 43 heavy (non-hydrogen) atoms. The van der Waals surface area contributed by atoms with E-state index in [1.165, 1.54) is 33.9 Å². The normalized spacial score (nSPS) is 12.0. The highest BCUT2D eigenvalue weighted by molar-refractivity contribution is 5.96. The highest BCUT2D eigenvalue weighted by Crippen LogP contribution is 2.21. The molecule has 0 aliphatic carbocycles. The lowest BCUT2D eigenvalue weighted by Crippen LogP contribution is -2.44. The molecule has 15 nitrogen and oxygen atoms in total. The second-order valence-corrected chi connectivity index (χ2v) is 10.4. The SMILES string of the molecule is COC(=O)N[C@@H](CC/C=C/C(=O)N(C)C)C(=O)Nc1cccn(Cc2nc3c(CC(C)C)nc(C)nc3n2C(=O)O)c1=O. The van der Waals surface area contributed by atoms with Crippen molar-refractivity contribution in [3.05, 3.63) is 58.2 Å². The van der Waals surface area contributed by atoms with Gasteiger partial charge in [0.2, 0.25) is 11.8 Å². The van der Waals surface area contributed by atoms with Crippen LogP contribution in [0.25, 0.3) is 11.2 Å². The van der Waals surface area contributed by atoms with Gasteiger partial charge in [0.25, 0.3) is 5.56 Å². The van der Waals surface area contributed by atoms with Crippen LogP contribution in [0.2, 0.25) is 0 Å². The minimum Gasteiger partial charge on any atom is -0.464 e. The number of anilines is 1. The number of carboxylic acid groups (broad SMARTS) is 1. The number of rotatable bonds is 11. The molecule has 0 radical (unpaired) electrons. The summed E-state index contributed by atoms with van der Waals surface area (Å²) in [4.78, 5) is 77.0. The van der Waals surface area contributed by atoms with Crippen LogP contribution in [0.1, 0.15) is 44.0 Å². The van der Waals surface area contributed by atoms with Crippen LogP contribution >= 0.6 is 0 Å². The fraction of sp³-hybridized carbons (Fsp3) is 0.429. The summed E-state index contributed by atoms with van der Waals surface area (Å²) >= 11 is 0. The molecule has 3 aromatic rings. The molecule has 1 atom stereocenters. The zero-order valence-electron chi connectivity index (χ0n) is 24.9. The number of hydrogen-bond donors (Lipinski definition) is 3. The standard InChI is InChI=1S/C28H36N8O7/c1-16(2)14-20-23-24(30-17(3)29-20)36(28(41)42)21(33-23)15-35-13-9-11-19(26(35)39)31-25(38)18(32-27(40)43-6)10-7-8-12-22(37)34(4)5/h8-9,11-13,16,18H,7,10,14-15H2,1-6H3,(H,31,38)(H,32,40)(H,41,42)/b12-8+/t18-/m0/s1. The van der Waals surface area contributed by atoms with Crippen molar-refractivity contribution >= 4 is 40.9 Å². The lowest BCUT2D eigenvalue weighted by molar-refractivity contribution is -0.123. The van der Waals surface area contributed by atoms with Crippen LogP contribution in [0.15, 0.2) is 35.3 Å². The van der Waals surface area contributed by atoms with Gasteiger partial charge in [0.15, 0.2) is 5.65 Å². The smallest absolute Gasteiger partial charge is 0.418 e. The molecule has 0 bridgehead atoms. The maximum Gasteiger partial charge on any atom is 0.418 e. The van der Waals surface area contributed by atoms with E-state index in [2.05, 4.69) is 30.3 Å². The Bertz CT molecular complexity index is 1610. The van der Waals surface area contributed by atoms with Crippen molar-refractivity contribution in [2.75, 3.05) is 26.5 Å². The Balaban J connectivity index is 1.89. The molecule has 3 heterocycles. The Labute approximate surface area is 247 Å². The number of carbonyl (C=O) groups is 4. The fourth-order valence-corrected chi connectivity index (χ4v) is 4.21. The van der Waals surface area contributed by atoms with Crippen LogP contribution in [0.5, 0.6) is 0 Å². The number of nitrogens with zero attached hydrogens (tertiary/aromatic N) is 6. The van der Waals surface area contributed by atoms with Crippen molar-refractivity contribution in [1.29, 1.82) is 0 Å². The van der Waals surface area contributed by atoms with Crippen molar-refractivity contribution in [3.63, 3.8) is 0 Å². The highest BCUT2D eigenvalue weighted by Gasteiger charge is 2.24. The average molecular weight is 597 g/mol. The molecule has 3 rings (SSSR count). The summed E-state index contributed by atoms with van der Waals surface area (Å²) in [5, 5.41) is 14.9. The van der Waals surface area contributed by atoms with Crippen molar-refractivity contribution in [2.24, 2.45) is 5.92 Å². The van der Waals surface area contributed by atoms with Crippen molar-refractivity contribution < 1.29 is 29.0 Å². The number of allylic oxidation sites excluding steroid dienone is 1. The van der Waals surface area contributed by atoms with Crippen molar-refractivity contribution in [3.8, 4) is 0 Å². The second-order valence-electron chi connectivity index (χ2n) is 10.4. The number of imidazole rings is 1. The number of aromatic nitrogens is 5. The fourth-order valence-electron chi connectivity index (χ4n) is 4.21. The lowest BCUT2D eigenvalue weighted by Gasteiger charge is -2.17. The first kappa shape index (κ1) is 32.4. The molecule has 3 N–H and O–H groups in total. The molecular weight excluding hydrogens is 560 g/mol. The molecule has 0 unspecified atom stereocenters. The third-order valence-corrected chi connectivity index (χ3v) is 6.26. The Kier molecular flexibility index (Phi) is 10.7. The van der Waals surface area contributed by atoms with E-state index in [-0.39, 0.29) is 48.4 Å². The molecule has 3 aromatic heterocycles. The quantitative estimate of drug-likeness (QED) is 0.276. The molecule has 0 saturated carbocycles. The summed E-state index contributed by atoms with van der Waals surface area (Å²) in [5.74, 6) is -0.250. The minimum absolute atomic E-state index is 0.0438. The summed E-state index contributed by atoms with van der Waals surface area (Å²) < 4.78 is 6.75. The molecule has 0 spiro atoms. The van der Waals surface area contributed by atoms with E-state index in [0.29, 0.717) is 23.5 Å². The Morgan fingerprint density at radius 3 is 2.51 bits per heavy atom. The molecular formula is C28H36N8O7. The Morgan fingerprint density at radius 1 is 1.16 bits per heavy atom. The first-order valence-corrected chi connectivity index (χ1v) is 13.5. The van der Waals surface area contributed by atoms with Gasteiger partial charge in [0.1, 0.15) is 28.9 Å². The summed E-state index contributed by atoms with van der Waals surface area (Å²) in [7, 11) is 4.36. The Hall–Kier alpha value is -5.08. The number of nitrogens with one attached hydrogen (secondary N) is 2. The maximum absolute atomic E-state index is 13.3. The zero-order chi connectivity index (χ0) is 31.8. The number of methoxy groups -OCH3 is 1. The van der Waals surface area contributed by atoms with E-state index in [4.69, 9.17) is 0 Å². The Morgan fingerprint density at radius 2 is 1.88 bits per heavy atom. The van der Waals surface area contributed by atoms with Gasteiger partial charge in [-0.3, -0.25) is 14.4 Å². The van der Waals surface area contributed by atoms with E-state index in [9.17, 15) is 29.1 Å². The molecule has 0 aliphatic rings. The topological polar surface area (TPSA) is 191 Å². The van der Waals surface area contributed by atoms with Gasteiger partial charge >= 0.3 is 12.2 Å². The molecule has 230 valence electrons. The predicted molar refractivity (Wildman–Crippen MR) is 157 cm³/mol. The first-order valence-electron chi connectivity index (χ1n) is 13.5. The zero-order valence-corrected chi connectivity index (χ0v) is 24.9. The summed E-state index contributed by atoms with van der Waals surface area (Å²) in [6.45, 7) is 5.44. The summed E-state index contributed by atoms with van der Waals surface area (Å²) in [6.07, 6.45) is 3.14. The number of fused-ring (bicyclic) bond motifs is 1. The van der Waals surface area contributed by atoms with Crippen LogP contribution in [-0.4, -0.2) is 85.3 Å². The van der Waals surface area contributed by atoms with Gasteiger partial charge in [0.05, 0.1) is 19.3 Å².